The summed E-state index contributed by atoms with van der Waals surface area (Å²) in [6, 6.07) is 9.24. The van der Waals surface area contributed by atoms with E-state index in [1.807, 2.05) is 30.3 Å². The van der Waals surface area contributed by atoms with Gasteiger partial charge in [0.15, 0.2) is 15.7 Å². The fourth-order valence-corrected chi connectivity index (χ4v) is 1.32. The zero-order chi connectivity index (χ0) is 12.9. The number of aliphatic carboxylic acids is 1. The van der Waals surface area contributed by atoms with Crippen molar-refractivity contribution in [3.8, 4) is 0 Å². The van der Waals surface area contributed by atoms with Crippen molar-refractivity contribution in [2.75, 3.05) is 0 Å². The minimum atomic E-state index is -1.18. The molecule has 4 nitrogen and oxygen atoms in total. The average Bonchev–Trinajstić information content (AvgIpc) is 2.27. The number of esters is 1. The van der Waals surface area contributed by atoms with E-state index in [4.69, 9.17) is 9.84 Å². The topological polar surface area (TPSA) is 63.6 Å². The average molecular weight is 230 g/mol. The van der Waals surface area contributed by atoms with Crippen LogP contribution in [0.1, 0.15) is 5.56 Å². The first kappa shape index (κ1) is 13.1. The number of rotatable bonds is 4. The van der Waals surface area contributed by atoms with Gasteiger partial charge in [0.1, 0.15) is 0 Å². The predicted molar refractivity (Wildman–Crippen MR) is 68.1 cm³/mol. The van der Waals surface area contributed by atoms with E-state index in [2.05, 4.69) is 0 Å². The highest BCUT2D eigenvalue weighted by atomic mass is 16.5. The predicted octanol–water partition coefficient (Wildman–Crippen LogP) is -0.753. The van der Waals surface area contributed by atoms with Gasteiger partial charge in [-0.15, -0.1) is 0 Å². The first-order chi connectivity index (χ1) is 7.92. The summed E-state index contributed by atoms with van der Waals surface area (Å²) in [5.41, 5.74) is 0.845. The first-order valence-corrected chi connectivity index (χ1v) is 5.11. The second kappa shape index (κ2) is 5.39. The van der Waals surface area contributed by atoms with E-state index >= 15 is 0 Å². The van der Waals surface area contributed by atoms with E-state index in [-0.39, 0.29) is 0 Å². The molecule has 0 atom stereocenters. The molecule has 1 aromatic carbocycles. The van der Waals surface area contributed by atoms with Crippen LogP contribution in [0.2, 0.25) is 0 Å². The van der Waals surface area contributed by atoms with Crippen molar-refractivity contribution in [3.63, 3.8) is 0 Å². The molecule has 0 amide bonds. The number of carboxylic acid groups (broad SMARTS) is 1. The maximum absolute atomic E-state index is 11.4. The Labute approximate surface area is 101 Å². The largest absolute Gasteiger partial charge is 0.478 e. The van der Waals surface area contributed by atoms with E-state index in [1.54, 1.807) is 15.7 Å². The van der Waals surface area contributed by atoms with E-state index in [1.165, 1.54) is 0 Å². The smallest absolute Gasteiger partial charge is 0.330 e. The van der Waals surface area contributed by atoms with Gasteiger partial charge >= 0.3 is 11.9 Å². The molecule has 0 aliphatic heterocycles. The van der Waals surface area contributed by atoms with Crippen molar-refractivity contribution < 1.29 is 19.4 Å². The lowest BCUT2D eigenvalue weighted by atomic mass is 9.61. The third-order valence-corrected chi connectivity index (χ3v) is 2.19. The molecule has 0 heterocycles. The van der Waals surface area contributed by atoms with Gasteiger partial charge in [0.2, 0.25) is 0 Å². The number of carbonyl (C=O) groups is 2. The Kier molecular flexibility index (Phi) is 4.15. The summed E-state index contributed by atoms with van der Waals surface area (Å²) in [7, 11) is 3.49. The molecule has 0 aliphatic carbocycles. The second-order valence-corrected chi connectivity index (χ2v) is 3.97. The number of carbonyl (C=O) groups excluding carboxylic acids is 1. The Morgan fingerprint density at radius 3 is 2.29 bits per heavy atom. The Morgan fingerprint density at radius 1 is 1.18 bits per heavy atom. The number of ether oxygens (including phenoxy) is 1. The molecule has 0 aromatic heterocycles. The van der Waals surface area contributed by atoms with Gasteiger partial charge in [-0.1, -0.05) is 30.3 Å². The zero-order valence-corrected chi connectivity index (χ0v) is 9.71. The van der Waals surface area contributed by atoms with Crippen molar-refractivity contribution >= 4 is 27.6 Å². The lowest BCUT2D eigenvalue weighted by Crippen LogP contribution is -2.32. The van der Waals surface area contributed by atoms with Gasteiger partial charge < -0.3 is 9.84 Å². The highest BCUT2D eigenvalue weighted by Crippen LogP contribution is 2.18. The van der Waals surface area contributed by atoms with Crippen LogP contribution in [0.3, 0.4) is 0 Å². The van der Waals surface area contributed by atoms with Gasteiger partial charge in [0.05, 0.1) is 5.40 Å². The molecule has 1 rings (SSSR count). The monoisotopic (exact) mass is 230 g/mol. The van der Waals surface area contributed by atoms with Gasteiger partial charge in [0, 0.05) is 12.2 Å². The SMILES string of the molecule is BC(B)(OC(=O)/C=C/C(=O)O)c1ccccc1. The lowest BCUT2D eigenvalue weighted by molar-refractivity contribution is -0.142. The first-order valence-electron chi connectivity index (χ1n) is 5.11. The van der Waals surface area contributed by atoms with Crippen LogP contribution in [0.15, 0.2) is 42.5 Å². The summed E-state index contributed by atoms with van der Waals surface area (Å²) in [5.74, 6) is -1.86. The molecule has 1 aromatic rings. The van der Waals surface area contributed by atoms with Crippen LogP contribution in [0.4, 0.5) is 0 Å². The molecule has 0 fully saturated rings. The summed E-state index contributed by atoms with van der Waals surface area (Å²) in [5, 5.41) is 7.59. The standard InChI is InChI=1S/C11H12B2O4/c12-11(13,8-4-2-1-3-5-8)17-10(16)7-6-9(14)15/h1-7H,12-13H2,(H,14,15)/b7-6+. The highest BCUT2D eigenvalue weighted by Gasteiger charge is 2.23. The van der Waals surface area contributed by atoms with Crippen LogP contribution in [0.25, 0.3) is 0 Å². The quantitative estimate of drug-likeness (QED) is 0.419. The maximum atomic E-state index is 11.4. The van der Waals surface area contributed by atoms with Crippen LogP contribution < -0.4 is 0 Å². The Bertz CT molecular complexity index is 440. The minimum absolute atomic E-state index is 0.679. The molecule has 6 heteroatoms. The molecular weight excluding hydrogens is 218 g/mol. The number of hydrogen-bond donors (Lipinski definition) is 1. The van der Waals surface area contributed by atoms with E-state index < -0.39 is 17.3 Å². The maximum Gasteiger partial charge on any atom is 0.330 e. The van der Waals surface area contributed by atoms with Gasteiger partial charge in [-0.05, 0) is 5.56 Å². The molecule has 0 aliphatic rings. The summed E-state index contributed by atoms with van der Waals surface area (Å²) >= 11 is 0. The molecule has 0 spiro atoms. The third-order valence-electron chi connectivity index (χ3n) is 2.19. The van der Waals surface area contributed by atoms with Crippen LogP contribution in [-0.2, 0) is 19.7 Å². The molecule has 86 valence electrons. The third kappa shape index (κ3) is 4.18. The number of hydrogen-bond acceptors (Lipinski definition) is 3. The number of benzene rings is 1. The summed E-state index contributed by atoms with van der Waals surface area (Å²) < 4.78 is 5.19. The van der Waals surface area contributed by atoms with Gasteiger partial charge in [-0.2, -0.15) is 0 Å². The van der Waals surface area contributed by atoms with Gasteiger partial charge in [-0.3, -0.25) is 0 Å². The molecule has 0 radical (unpaired) electrons. The fraction of sp³-hybridized carbons (Fsp3) is 0.0909. The van der Waals surface area contributed by atoms with Crippen molar-refractivity contribution in [3.05, 3.63) is 48.0 Å². The van der Waals surface area contributed by atoms with Crippen molar-refractivity contribution in [1.29, 1.82) is 0 Å². The van der Waals surface area contributed by atoms with Gasteiger partial charge in [0.25, 0.3) is 0 Å². The van der Waals surface area contributed by atoms with Gasteiger partial charge in [-0.25, -0.2) is 9.59 Å². The van der Waals surface area contributed by atoms with Crippen LogP contribution >= 0.6 is 0 Å². The summed E-state index contributed by atoms with van der Waals surface area (Å²) in [6.07, 6.45) is 1.65. The molecule has 0 bridgehead atoms. The van der Waals surface area contributed by atoms with E-state index in [9.17, 15) is 9.59 Å². The summed E-state index contributed by atoms with van der Waals surface area (Å²) in [4.78, 5) is 21.6. The molecule has 1 N–H and O–H groups in total. The Balaban J connectivity index is 2.74. The highest BCUT2D eigenvalue weighted by molar-refractivity contribution is 6.39. The molecule has 0 saturated heterocycles. The number of carboxylic acids is 1. The molecule has 17 heavy (non-hydrogen) atoms. The fourth-order valence-electron chi connectivity index (χ4n) is 1.32. The lowest BCUT2D eigenvalue weighted by Gasteiger charge is -2.25. The van der Waals surface area contributed by atoms with Crippen LogP contribution in [0.5, 0.6) is 0 Å². The second-order valence-electron chi connectivity index (χ2n) is 3.97. The van der Waals surface area contributed by atoms with Crippen LogP contribution in [-0.4, -0.2) is 32.7 Å². The normalized spacial score (nSPS) is 11.3. The molecule has 0 saturated carbocycles. The van der Waals surface area contributed by atoms with Crippen molar-refractivity contribution in [2.24, 2.45) is 0 Å². The molecule has 0 unspecified atom stereocenters. The molecular formula is C11H12B2O4. The van der Waals surface area contributed by atoms with Crippen LogP contribution in [0, 0.1) is 0 Å². The van der Waals surface area contributed by atoms with Crippen molar-refractivity contribution in [2.45, 2.75) is 5.40 Å². The Hall–Kier alpha value is -1.97. The Morgan fingerprint density at radius 2 is 1.76 bits per heavy atom. The van der Waals surface area contributed by atoms with E-state index in [0.717, 1.165) is 17.7 Å². The minimum Gasteiger partial charge on any atom is -0.478 e. The van der Waals surface area contributed by atoms with E-state index in [0.29, 0.717) is 0 Å². The summed E-state index contributed by atoms with van der Waals surface area (Å²) in [6.45, 7) is 0. The zero-order valence-electron chi connectivity index (χ0n) is 9.71. The van der Waals surface area contributed by atoms with Crippen molar-refractivity contribution in [1.82, 2.24) is 0 Å².